The molecule has 24 heavy (non-hydrogen) atoms. The van der Waals surface area contributed by atoms with Crippen molar-refractivity contribution in [3.8, 4) is 0 Å². The monoisotopic (exact) mass is 343 g/mol. The molecule has 2 N–H and O–H groups in total. The van der Waals surface area contributed by atoms with Crippen LogP contribution in [0.3, 0.4) is 0 Å². The molecule has 0 radical (unpaired) electrons. The fourth-order valence-electron chi connectivity index (χ4n) is 2.33. The molecule has 0 amide bonds. The predicted molar refractivity (Wildman–Crippen MR) is 94.2 cm³/mol. The molecule has 0 spiro atoms. The summed E-state index contributed by atoms with van der Waals surface area (Å²) < 4.78 is 15.9. The lowest BCUT2D eigenvalue weighted by Crippen LogP contribution is -2.38. The zero-order valence-electron chi connectivity index (χ0n) is 15.1. The normalized spacial score (nSPS) is 17.8. The summed E-state index contributed by atoms with van der Waals surface area (Å²) in [6.45, 7) is 9.74. The Morgan fingerprint density at radius 1 is 1.29 bits per heavy atom. The molecule has 7 heteroatoms. The molecule has 1 unspecified atom stereocenters. The highest BCUT2D eigenvalue weighted by Gasteiger charge is 2.15. The van der Waals surface area contributed by atoms with Crippen LogP contribution in [0.15, 0.2) is 4.99 Å². The molecule has 1 heterocycles. The fraction of sp³-hybridized carbons (Fsp3) is 0.882. The summed E-state index contributed by atoms with van der Waals surface area (Å²) in [6.07, 6.45) is 3.15. The van der Waals surface area contributed by atoms with Crippen LogP contribution in [0, 0.1) is 5.92 Å². The summed E-state index contributed by atoms with van der Waals surface area (Å²) in [5.41, 5.74) is 0. The number of hydrogen-bond donors (Lipinski definition) is 2. The second-order valence-corrected chi connectivity index (χ2v) is 5.75. The Hall–Kier alpha value is -1.34. The second kappa shape index (κ2) is 14.0. The molecule has 1 saturated heterocycles. The van der Waals surface area contributed by atoms with E-state index in [9.17, 15) is 4.79 Å². The SMILES string of the molecule is CCNC(=NCCCC(=O)OCC)NCCCOCC1CCOC1. The van der Waals surface area contributed by atoms with Crippen molar-refractivity contribution in [2.75, 3.05) is 52.7 Å². The molecule has 140 valence electrons. The van der Waals surface area contributed by atoms with Crippen LogP contribution < -0.4 is 10.6 Å². The highest BCUT2D eigenvalue weighted by atomic mass is 16.5. The molecule has 0 aromatic heterocycles. The number of nitrogens with one attached hydrogen (secondary N) is 2. The van der Waals surface area contributed by atoms with E-state index < -0.39 is 0 Å². The molecule has 0 aromatic carbocycles. The minimum Gasteiger partial charge on any atom is -0.466 e. The van der Waals surface area contributed by atoms with Gasteiger partial charge in [0.1, 0.15) is 0 Å². The standard InChI is InChI=1S/C17H33N3O4/c1-3-18-17(19-9-5-7-16(21)24-4-2)20-10-6-11-22-13-15-8-12-23-14-15/h15H,3-14H2,1-2H3,(H2,18,19,20). The van der Waals surface area contributed by atoms with Crippen molar-refractivity contribution in [1.29, 1.82) is 0 Å². The second-order valence-electron chi connectivity index (χ2n) is 5.75. The Bertz CT molecular complexity index is 358. The highest BCUT2D eigenvalue weighted by molar-refractivity contribution is 5.79. The largest absolute Gasteiger partial charge is 0.466 e. The van der Waals surface area contributed by atoms with Gasteiger partial charge in [-0.3, -0.25) is 9.79 Å². The van der Waals surface area contributed by atoms with E-state index in [1.807, 2.05) is 13.8 Å². The zero-order chi connectivity index (χ0) is 17.5. The van der Waals surface area contributed by atoms with Gasteiger partial charge in [-0.05, 0) is 33.1 Å². The topological polar surface area (TPSA) is 81.2 Å². The number of ether oxygens (including phenoxy) is 3. The van der Waals surface area contributed by atoms with Crippen LogP contribution in [0.25, 0.3) is 0 Å². The van der Waals surface area contributed by atoms with Crippen molar-refractivity contribution in [2.24, 2.45) is 10.9 Å². The quantitative estimate of drug-likeness (QED) is 0.241. The van der Waals surface area contributed by atoms with E-state index in [2.05, 4.69) is 15.6 Å². The van der Waals surface area contributed by atoms with Gasteiger partial charge in [0.2, 0.25) is 0 Å². The van der Waals surface area contributed by atoms with Crippen molar-refractivity contribution in [3.05, 3.63) is 0 Å². The average Bonchev–Trinajstić information content (AvgIpc) is 3.08. The van der Waals surface area contributed by atoms with Gasteiger partial charge >= 0.3 is 5.97 Å². The molecular weight excluding hydrogens is 310 g/mol. The third kappa shape index (κ3) is 10.4. The van der Waals surface area contributed by atoms with Gasteiger partial charge in [0.05, 0.1) is 19.8 Å². The van der Waals surface area contributed by atoms with Crippen molar-refractivity contribution < 1.29 is 19.0 Å². The van der Waals surface area contributed by atoms with Gasteiger partial charge in [0.15, 0.2) is 5.96 Å². The molecule has 7 nitrogen and oxygen atoms in total. The average molecular weight is 343 g/mol. The van der Waals surface area contributed by atoms with Crippen LogP contribution in [-0.4, -0.2) is 64.6 Å². The van der Waals surface area contributed by atoms with Crippen LogP contribution in [0.5, 0.6) is 0 Å². The summed E-state index contributed by atoms with van der Waals surface area (Å²) in [6, 6.07) is 0. The molecule has 1 aliphatic rings. The number of aliphatic imine (C=N–C) groups is 1. The van der Waals surface area contributed by atoms with Gasteiger partial charge in [-0.25, -0.2) is 0 Å². The first kappa shape index (κ1) is 20.7. The lowest BCUT2D eigenvalue weighted by Gasteiger charge is -2.12. The van der Waals surface area contributed by atoms with Crippen LogP contribution in [0.4, 0.5) is 0 Å². The number of guanidine groups is 1. The fourth-order valence-corrected chi connectivity index (χ4v) is 2.33. The van der Waals surface area contributed by atoms with E-state index in [-0.39, 0.29) is 5.97 Å². The molecule has 0 aromatic rings. The molecule has 1 rings (SSSR count). The lowest BCUT2D eigenvalue weighted by molar-refractivity contribution is -0.143. The third-order valence-corrected chi connectivity index (χ3v) is 3.59. The number of carbonyl (C=O) groups is 1. The van der Waals surface area contributed by atoms with Crippen LogP contribution in [0.1, 0.15) is 39.5 Å². The van der Waals surface area contributed by atoms with Gasteiger partial charge in [0, 0.05) is 45.2 Å². The summed E-state index contributed by atoms with van der Waals surface area (Å²) >= 11 is 0. The first-order chi connectivity index (χ1) is 11.8. The zero-order valence-corrected chi connectivity index (χ0v) is 15.1. The molecule has 1 fully saturated rings. The van der Waals surface area contributed by atoms with Crippen molar-refractivity contribution in [3.63, 3.8) is 0 Å². The van der Waals surface area contributed by atoms with Crippen molar-refractivity contribution >= 4 is 11.9 Å². The number of carbonyl (C=O) groups excluding carboxylic acids is 1. The molecule has 1 atom stereocenters. The Morgan fingerprint density at radius 3 is 2.88 bits per heavy atom. The summed E-state index contributed by atoms with van der Waals surface area (Å²) in [5, 5.41) is 6.48. The van der Waals surface area contributed by atoms with Crippen molar-refractivity contribution in [1.82, 2.24) is 10.6 Å². The smallest absolute Gasteiger partial charge is 0.305 e. The highest BCUT2D eigenvalue weighted by Crippen LogP contribution is 2.12. The Balaban J connectivity index is 2.06. The molecular formula is C17H33N3O4. The number of hydrogen-bond acceptors (Lipinski definition) is 5. The first-order valence-corrected chi connectivity index (χ1v) is 9.09. The molecule has 0 bridgehead atoms. The van der Waals surface area contributed by atoms with E-state index in [1.165, 1.54) is 0 Å². The van der Waals surface area contributed by atoms with Crippen LogP contribution >= 0.6 is 0 Å². The minimum atomic E-state index is -0.157. The van der Waals surface area contributed by atoms with Crippen LogP contribution in [0.2, 0.25) is 0 Å². The van der Waals surface area contributed by atoms with Gasteiger partial charge in [-0.1, -0.05) is 0 Å². The summed E-state index contributed by atoms with van der Waals surface area (Å²) in [5.74, 6) is 1.19. The number of nitrogens with zero attached hydrogens (tertiary/aromatic N) is 1. The van der Waals surface area contributed by atoms with E-state index in [0.29, 0.717) is 31.9 Å². The Labute approximate surface area is 145 Å². The molecule has 0 saturated carbocycles. The third-order valence-electron chi connectivity index (χ3n) is 3.59. The molecule has 0 aliphatic carbocycles. The van der Waals surface area contributed by atoms with Gasteiger partial charge < -0.3 is 24.8 Å². The first-order valence-electron chi connectivity index (χ1n) is 9.09. The van der Waals surface area contributed by atoms with E-state index in [4.69, 9.17) is 14.2 Å². The maximum Gasteiger partial charge on any atom is 0.305 e. The Morgan fingerprint density at radius 2 is 2.17 bits per heavy atom. The van der Waals surface area contributed by atoms with Gasteiger partial charge in [-0.15, -0.1) is 0 Å². The predicted octanol–water partition coefficient (Wildman–Crippen LogP) is 1.33. The van der Waals surface area contributed by atoms with E-state index in [0.717, 1.165) is 58.3 Å². The molecule has 1 aliphatic heterocycles. The lowest BCUT2D eigenvalue weighted by atomic mass is 10.1. The maximum atomic E-state index is 11.3. The maximum absolute atomic E-state index is 11.3. The Kier molecular flexibility index (Phi) is 12.1. The summed E-state index contributed by atoms with van der Waals surface area (Å²) in [4.78, 5) is 15.7. The number of rotatable bonds is 12. The van der Waals surface area contributed by atoms with E-state index >= 15 is 0 Å². The minimum absolute atomic E-state index is 0.157. The summed E-state index contributed by atoms with van der Waals surface area (Å²) in [7, 11) is 0. The van der Waals surface area contributed by atoms with Gasteiger partial charge in [-0.2, -0.15) is 0 Å². The van der Waals surface area contributed by atoms with Gasteiger partial charge in [0.25, 0.3) is 0 Å². The number of esters is 1. The van der Waals surface area contributed by atoms with E-state index in [1.54, 1.807) is 0 Å². The van der Waals surface area contributed by atoms with Crippen LogP contribution in [-0.2, 0) is 19.0 Å². The van der Waals surface area contributed by atoms with Crippen molar-refractivity contribution in [2.45, 2.75) is 39.5 Å².